The van der Waals surface area contributed by atoms with Gasteiger partial charge in [0.2, 0.25) is 0 Å². The number of methoxy groups -OCH3 is 1. The third-order valence-corrected chi connectivity index (χ3v) is 6.08. The Labute approximate surface area is 207 Å². The lowest BCUT2D eigenvalue weighted by Crippen LogP contribution is -2.24. The van der Waals surface area contributed by atoms with Gasteiger partial charge in [0.15, 0.2) is 0 Å². The summed E-state index contributed by atoms with van der Waals surface area (Å²) in [6.07, 6.45) is 8.55. The minimum Gasteiger partial charge on any atom is -0.493 e. The van der Waals surface area contributed by atoms with Crippen LogP contribution in [0.15, 0.2) is 71.0 Å². The second kappa shape index (κ2) is 12.3. The Morgan fingerprint density at radius 2 is 1.91 bits per heavy atom. The number of ether oxygens (including phenoxy) is 3. The molecule has 3 heterocycles. The highest BCUT2D eigenvalue weighted by Gasteiger charge is 2.21. The molecule has 0 N–H and O–H groups in total. The smallest absolute Gasteiger partial charge is 0.333 e. The first kappa shape index (κ1) is 24.6. The quantitative estimate of drug-likeness (QED) is 0.401. The molecule has 0 amide bonds. The number of anilines is 1. The van der Waals surface area contributed by atoms with Crippen molar-refractivity contribution in [3.63, 3.8) is 0 Å². The number of hydrogen-bond donors (Lipinski definition) is 0. The van der Waals surface area contributed by atoms with E-state index in [-0.39, 0.29) is 5.97 Å². The third kappa shape index (κ3) is 6.34. The first-order valence-corrected chi connectivity index (χ1v) is 12.2. The van der Waals surface area contributed by atoms with Crippen molar-refractivity contribution in [2.75, 3.05) is 38.4 Å². The number of para-hydroxylation sites is 1. The van der Waals surface area contributed by atoms with Gasteiger partial charge in [-0.3, -0.25) is 0 Å². The summed E-state index contributed by atoms with van der Waals surface area (Å²) in [5, 5.41) is 0. The van der Waals surface area contributed by atoms with E-state index in [0.717, 1.165) is 46.9 Å². The maximum absolute atomic E-state index is 12.3. The van der Waals surface area contributed by atoms with Gasteiger partial charge in [0.05, 0.1) is 26.2 Å². The van der Waals surface area contributed by atoms with Gasteiger partial charge in [0.25, 0.3) is 0 Å². The van der Waals surface area contributed by atoms with Gasteiger partial charge < -0.3 is 23.5 Å². The molecule has 5 rings (SSSR count). The molecule has 1 fully saturated rings. The first-order valence-electron chi connectivity index (χ1n) is 12.2. The average molecular weight is 476 g/mol. The van der Waals surface area contributed by atoms with Gasteiger partial charge in [-0.2, -0.15) is 0 Å². The van der Waals surface area contributed by atoms with E-state index in [0.29, 0.717) is 31.7 Å². The lowest BCUT2D eigenvalue weighted by atomic mass is 9.99. The van der Waals surface area contributed by atoms with E-state index < -0.39 is 0 Å². The van der Waals surface area contributed by atoms with Crippen molar-refractivity contribution in [1.29, 1.82) is 0 Å². The second-order valence-corrected chi connectivity index (χ2v) is 8.49. The molecule has 0 spiro atoms. The Balaban J connectivity index is 0.000000514. The summed E-state index contributed by atoms with van der Waals surface area (Å²) < 4.78 is 21.0. The third-order valence-electron chi connectivity index (χ3n) is 6.08. The van der Waals surface area contributed by atoms with E-state index in [1.807, 2.05) is 37.3 Å². The highest BCUT2D eigenvalue weighted by atomic mass is 16.5. The molecule has 0 aliphatic carbocycles. The predicted octanol–water partition coefficient (Wildman–Crippen LogP) is 6.11. The molecule has 184 valence electrons. The van der Waals surface area contributed by atoms with E-state index in [1.165, 1.54) is 20.0 Å². The molecule has 1 aromatic heterocycles. The minimum absolute atomic E-state index is 0.286. The lowest BCUT2D eigenvalue weighted by Gasteiger charge is -2.25. The van der Waals surface area contributed by atoms with Crippen LogP contribution in [-0.4, -0.2) is 39.4 Å². The Hall–Kier alpha value is -3.51. The van der Waals surface area contributed by atoms with Crippen LogP contribution in [0.4, 0.5) is 5.69 Å². The number of esters is 1. The zero-order valence-corrected chi connectivity index (χ0v) is 20.5. The van der Waals surface area contributed by atoms with Crippen LogP contribution in [0.5, 0.6) is 5.75 Å². The fourth-order valence-electron chi connectivity index (χ4n) is 4.32. The molecule has 6 nitrogen and oxygen atoms in total. The van der Waals surface area contributed by atoms with Gasteiger partial charge >= 0.3 is 5.97 Å². The van der Waals surface area contributed by atoms with E-state index in [1.54, 1.807) is 12.5 Å². The molecule has 0 atom stereocenters. The van der Waals surface area contributed by atoms with E-state index in [4.69, 9.17) is 18.6 Å². The number of fused-ring (bicyclic) bond motifs is 1. The molecular formula is C29H33NO5. The molecule has 2 aliphatic heterocycles. The number of carbonyl (C=O) groups excluding carboxylic acids is 1. The standard InChI is InChI=1S/C25H25NO4.C4H8O/c1-3-30-24-7-5-4-6-22(24)19-8-9-23-21(14-19)15-20(25(27)28-2)10-12-26(23)16-18-11-13-29-17-18;1-2-4-5-3-1/h4-9,11,13-15,17H,3,10,12,16H2,1-2H3;1-4H2. The number of hydrogen-bond acceptors (Lipinski definition) is 6. The zero-order chi connectivity index (χ0) is 24.5. The molecule has 2 aromatic carbocycles. The first-order chi connectivity index (χ1) is 17.2. The summed E-state index contributed by atoms with van der Waals surface area (Å²) >= 11 is 0. The fourth-order valence-corrected chi connectivity index (χ4v) is 4.32. The summed E-state index contributed by atoms with van der Waals surface area (Å²) in [5.41, 5.74) is 5.90. The van der Waals surface area contributed by atoms with E-state index >= 15 is 0 Å². The highest BCUT2D eigenvalue weighted by molar-refractivity contribution is 5.96. The largest absolute Gasteiger partial charge is 0.493 e. The van der Waals surface area contributed by atoms with Crippen molar-refractivity contribution < 1.29 is 23.4 Å². The Morgan fingerprint density at radius 1 is 1.09 bits per heavy atom. The molecule has 0 bridgehead atoms. The highest BCUT2D eigenvalue weighted by Crippen LogP contribution is 2.36. The minimum atomic E-state index is -0.286. The maximum Gasteiger partial charge on any atom is 0.333 e. The van der Waals surface area contributed by atoms with Crippen LogP contribution in [-0.2, 0) is 20.8 Å². The molecule has 0 saturated carbocycles. The summed E-state index contributed by atoms with van der Waals surface area (Å²) in [5.74, 6) is 0.562. The van der Waals surface area contributed by atoms with Gasteiger partial charge in [-0.25, -0.2) is 4.79 Å². The molecular weight excluding hydrogens is 442 g/mol. The average Bonchev–Trinajstić information content (AvgIpc) is 3.61. The van der Waals surface area contributed by atoms with Crippen LogP contribution < -0.4 is 9.64 Å². The topological polar surface area (TPSA) is 61.1 Å². The lowest BCUT2D eigenvalue weighted by molar-refractivity contribution is -0.136. The van der Waals surface area contributed by atoms with Crippen molar-refractivity contribution in [1.82, 2.24) is 0 Å². The maximum atomic E-state index is 12.3. The van der Waals surface area contributed by atoms with Gasteiger partial charge in [0.1, 0.15) is 5.75 Å². The van der Waals surface area contributed by atoms with Crippen LogP contribution in [0.3, 0.4) is 0 Å². The SMILES string of the molecule is C1CCOC1.CCOc1ccccc1-c1ccc2c(c1)C=C(C(=O)OC)CCN2Cc1ccoc1. The number of nitrogens with zero attached hydrogens (tertiary/aromatic N) is 1. The summed E-state index contributed by atoms with van der Waals surface area (Å²) in [6.45, 7) is 6.01. The van der Waals surface area contributed by atoms with Crippen molar-refractivity contribution in [2.45, 2.75) is 32.7 Å². The van der Waals surface area contributed by atoms with Crippen LogP contribution >= 0.6 is 0 Å². The van der Waals surface area contributed by atoms with Gasteiger partial charge in [0, 0.05) is 48.7 Å². The molecule has 3 aromatic rings. The zero-order valence-electron chi connectivity index (χ0n) is 20.5. The van der Waals surface area contributed by atoms with Crippen molar-refractivity contribution in [3.05, 3.63) is 77.8 Å². The molecule has 6 heteroatoms. The van der Waals surface area contributed by atoms with Crippen LogP contribution in [0.2, 0.25) is 0 Å². The molecule has 2 aliphatic rings. The van der Waals surface area contributed by atoms with Crippen LogP contribution in [0.1, 0.15) is 37.3 Å². The van der Waals surface area contributed by atoms with E-state index in [2.05, 4.69) is 29.2 Å². The summed E-state index contributed by atoms with van der Waals surface area (Å²) in [6, 6.07) is 16.3. The summed E-state index contributed by atoms with van der Waals surface area (Å²) in [7, 11) is 1.42. The molecule has 1 saturated heterocycles. The van der Waals surface area contributed by atoms with Crippen molar-refractivity contribution in [3.8, 4) is 16.9 Å². The van der Waals surface area contributed by atoms with Crippen molar-refractivity contribution >= 4 is 17.7 Å². The fraction of sp³-hybridized carbons (Fsp3) is 0.345. The molecule has 0 unspecified atom stereocenters. The monoisotopic (exact) mass is 475 g/mol. The number of carbonyl (C=O) groups is 1. The molecule has 35 heavy (non-hydrogen) atoms. The van der Waals surface area contributed by atoms with Gasteiger partial charge in [-0.05, 0) is 67.7 Å². The van der Waals surface area contributed by atoms with Crippen molar-refractivity contribution in [2.24, 2.45) is 0 Å². The van der Waals surface area contributed by atoms with Gasteiger partial charge in [-0.1, -0.05) is 24.3 Å². The number of benzene rings is 2. The Morgan fingerprint density at radius 3 is 2.60 bits per heavy atom. The Kier molecular flexibility index (Phi) is 8.63. The summed E-state index contributed by atoms with van der Waals surface area (Å²) in [4.78, 5) is 14.6. The predicted molar refractivity (Wildman–Crippen MR) is 137 cm³/mol. The van der Waals surface area contributed by atoms with E-state index in [9.17, 15) is 4.79 Å². The molecule has 0 radical (unpaired) electrons. The number of rotatable bonds is 6. The van der Waals surface area contributed by atoms with Crippen LogP contribution in [0.25, 0.3) is 17.2 Å². The van der Waals surface area contributed by atoms with Crippen LogP contribution in [0, 0.1) is 0 Å². The normalized spacial score (nSPS) is 14.8. The Bertz CT molecular complexity index is 1120. The number of furan rings is 1. The van der Waals surface area contributed by atoms with Gasteiger partial charge in [-0.15, -0.1) is 0 Å². The second-order valence-electron chi connectivity index (χ2n) is 8.49.